The average Bonchev–Trinajstić information content (AvgIpc) is 2.55. The van der Waals surface area contributed by atoms with Crippen LogP contribution in [-0.4, -0.2) is 145 Å². The summed E-state index contributed by atoms with van der Waals surface area (Å²) in [5, 5.41) is 76.5. The summed E-state index contributed by atoms with van der Waals surface area (Å²) >= 11 is 0. The van der Waals surface area contributed by atoms with Gasteiger partial charge in [-0.05, 0) is 0 Å². The SMILES string of the molecule is OC[C@H]1O[C@@H](O[C@H]2[C@H](O)[C@@H](O)[C@H](O)O[C@@H]2CO)[C@H](O)[C@@H](O)[C@H]1O.[NaH]. The number of hydrogen-bond acceptors (Lipinski definition) is 11. The monoisotopic (exact) mass is 366 g/mol. The Morgan fingerprint density at radius 2 is 1.25 bits per heavy atom. The third-order valence-electron chi connectivity index (χ3n) is 3.98. The van der Waals surface area contributed by atoms with Crippen molar-refractivity contribution in [3.8, 4) is 0 Å². The molecule has 0 aromatic heterocycles. The second-order valence-corrected chi connectivity index (χ2v) is 5.53. The Morgan fingerprint density at radius 1 is 0.667 bits per heavy atom. The molecule has 24 heavy (non-hydrogen) atoms. The molecule has 0 unspecified atom stereocenters. The van der Waals surface area contributed by atoms with Crippen LogP contribution in [0.1, 0.15) is 0 Å². The zero-order valence-corrected chi connectivity index (χ0v) is 12.0. The first-order chi connectivity index (χ1) is 10.8. The molecule has 12 heteroatoms. The van der Waals surface area contributed by atoms with Crippen molar-refractivity contribution in [3.05, 3.63) is 0 Å². The van der Waals surface area contributed by atoms with Gasteiger partial charge < -0.3 is 55.1 Å². The molecule has 0 aromatic carbocycles. The first-order valence-electron chi connectivity index (χ1n) is 7.08. The third kappa shape index (κ3) is 4.45. The predicted molar refractivity (Wildman–Crippen MR) is 75.8 cm³/mol. The van der Waals surface area contributed by atoms with Crippen LogP contribution in [0.4, 0.5) is 0 Å². The topological polar surface area (TPSA) is 190 Å². The Hall–Kier alpha value is 0.560. The molecular formula is C12H23NaO11. The Bertz CT molecular complexity index is 384. The van der Waals surface area contributed by atoms with E-state index in [1.807, 2.05) is 0 Å². The number of aliphatic hydroxyl groups excluding tert-OH is 8. The van der Waals surface area contributed by atoms with Gasteiger partial charge in [0.15, 0.2) is 12.6 Å². The Balaban J connectivity index is 0.00000288. The minimum atomic E-state index is -1.74. The van der Waals surface area contributed by atoms with Crippen molar-refractivity contribution in [2.24, 2.45) is 0 Å². The molecule has 11 nitrogen and oxygen atoms in total. The van der Waals surface area contributed by atoms with Crippen molar-refractivity contribution in [2.75, 3.05) is 13.2 Å². The van der Waals surface area contributed by atoms with Gasteiger partial charge >= 0.3 is 29.6 Å². The van der Waals surface area contributed by atoms with Crippen LogP contribution in [0.25, 0.3) is 0 Å². The number of aliphatic hydroxyl groups is 8. The molecule has 2 saturated heterocycles. The molecule has 2 rings (SSSR count). The fourth-order valence-corrected chi connectivity index (χ4v) is 2.57. The van der Waals surface area contributed by atoms with Crippen molar-refractivity contribution in [2.45, 2.75) is 61.4 Å². The van der Waals surface area contributed by atoms with Gasteiger partial charge in [-0.1, -0.05) is 0 Å². The van der Waals surface area contributed by atoms with Crippen LogP contribution in [-0.2, 0) is 14.2 Å². The summed E-state index contributed by atoms with van der Waals surface area (Å²) in [7, 11) is 0. The second kappa shape index (κ2) is 9.48. The molecule has 0 radical (unpaired) electrons. The van der Waals surface area contributed by atoms with Crippen LogP contribution >= 0.6 is 0 Å². The third-order valence-corrected chi connectivity index (χ3v) is 3.98. The van der Waals surface area contributed by atoms with Gasteiger partial charge in [-0.3, -0.25) is 0 Å². The van der Waals surface area contributed by atoms with E-state index in [4.69, 9.17) is 19.3 Å². The van der Waals surface area contributed by atoms with Crippen LogP contribution in [0.3, 0.4) is 0 Å². The first kappa shape index (κ1) is 22.6. The van der Waals surface area contributed by atoms with Crippen molar-refractivity contribution in [1.82, 2.24) is 0 Å². The van der Waals surface area contributed by atoms with E-state index in [1.165, 1.54) is 0 Å². The second-order valence-electron chi connectivity index (χ2n) is 5.53. The van der Waals surface area contributed by atoms with Gasteiger partial charge in [-0.25, -0.2) is 0 Å². The molecule has 0 amide bonds. The molecule has 2 heterocycles. The summed E-state index contributed by atoms with van der Waals surface area (Å²) in [5.74, 6) is 0. The zero-order chi connectivity index (χ0) is 17.3. The van der Waals surface area contributed by atoms with Gasteiger partial charge in [0.25, 0.3) is 0 Å². The van der Waals surface area contributed by atoms with Crippen LogP contribution < -0.4 is 0 Å². The maximum atomic E-state index is 9.94. The van der Waals surface area contributed by atoms with E-state index < -0.39 is 74.6 Å². The van der Waals surface area contributed by atoms with E-state index in [2.05, 4.69) is 0 Å². The van der Waals surface area contributed by atoms with Gasteiger partial charge in [-0.15, -0.1) is 0 Å². The summed E-state index contributed by atoms with van der Waals surface area (Å²) in [6.07, 6.45) is -15.6. The fourth-order valence-electron chi connectivity index (χ4n) is 2.57. The van der Waals surface area contributed by atoms with E-state index in [0.29, 0.717) is 0 Å². The number of hydrogen-bond donors (Lipinski definition) is 8. The minimum absolute atomic E-state index is 0. The standard InChI is InChI=1S/C12H22O11.Na.H/c13-1-3-5(15)6(16)9(19)12(22-3)23-10-4(2-14)21-11(20)8(18)7(10)17;;/h3-20H,1-2H2;;/t3-,4-,5+,6+,7-,8-,9-,10-,11-,12+;;/m1../s1. The molecule has 0 spiro atoms. The van der Waals surface area contributed by atoms with Gasteiger partial charge in [0.05, 0.1) is 13.2 Å². The molecule has 138 valence electrons. The number of rotatable bonds is 4. The van der Waals surface area contributed by atoms with Gasteiger partial charge in [0.2, 0.25) is 0 Å². The van der Waals surface area contributed by atoms with Crippen LogP contribution in [0.5, 0.6) is 0 Å². The van der Waals surface area contributed by atoms with Gasteiger partial charge in [0.1, 0.15) is 48.8 Å². The summed E-state index contributed by atoms with van der Waals surface area (Å²) in [4.78, 5) is 0. The predicted octanol–water partition coefficient (Wildman–Crippen LogP) is -6.05. The van der Waals surface area contributed by atoms with E-state index in [-0.39, 0.29) is 29.6 Å². The van der Waals surface area contributed by atoms with Crippen LogP contribution in [0, 0.1) is 0 Å². The molecule has 0 aliphatic carbocycles. The molecule has 2 fully saturated rings. The average molecular weight is 366 g/mol. The molecule has 0 bridgehead atoms. The van der Waals surface area contributed by atoms with Crippen molar-refractivity contribution in [1.29, 1.82) is 0 Å². The van der Waals surface area contributed by atoms with Gasteiger partial charge in [-0.2, -0.15) is 0 Å². The Morgan fingerprint density at radius 3 is 1.79 bits per heavy atom. The molecule has 0 aromatic rings. The van der Waals surface area contributed by atoms with E-state index >= 15 is 0 Å². The van der Waals surface area contributed by atoms with Gasteiger partial charge in [0, 0.05) is 0 Å². The summed E-state index contributed by atoms with van der Waals surface area (Å²) in [6, 6.07) is 0. The fraction of sp³-hybridized carbons (Fsp3) is 1.00. The molecule has 0 saturated carbocycles. The summed E-state index contributed by atoms with van der Waals surface area (Å²) < 4.78 is 15.3. The molecule has 2 aliphatic heterocycles. The summed E-state index contributed by atoms with van der Waals surface area (Å²) in [6.45, 7) is -1.35. The van der Waals surface area contributed by atoms with E-state index in [9.17, 15) is 35.7 Å². The quantitative estimate of drug-likeness (QED) is 0.221. The Labute approximate surface area is 159 Å². The van der Waals surface area contributed by atoms with Crippen molar-refractivity contribution < 1.29 is 55.1 Å². The van der Waals surface area contributed by atoms with Crippen molar-refractivity contribution in [3.63, 3.8) is 0 Å². The normalized spacial score (nSPS) is 49.5. The Kier molecular flexibility index (Phi) is 8.93. The molecule has 8 N–H and O–H groups in total. The molecule has 10 atom stereocenters. The zero-order valence-electron chi connectivity index (χ0n) is 12.0. The molecular weight excluding hydrogens is 343 g/mol. The van der Waals surface area contributed by atoms with E-state index in [0.717, 1.165) is 0 Å². The summed E-state index contributed by atoms with van der Waals surface area (Å²) in [5.41, 5.74) is 0. The van der Waals surface area contributed by atoms with E-state index in [1.54, 1.807) is 0 Å². The maximum absolute atomic E-state index is 9.94. The number of ether oxygens (including phenoxy) is 3. The van der Waals surface area contributed by atoms with Crippen molar-refractivity contribution >= 4 is 29.6 Å². The first-order valence-corrected chi connectivity index (χ1v) is 7.08. The van der Waals surface area contributed by atoms with Crippen LogP contribution in [0.2, 0.25) is 0 Å². The van der Waals surface area contributed by atoms with Crippen LogP contribution in [0.15, 0.2) is 0 Å². The molecule has 2 aliphatic rings.